The lowest BCUT2D eigenvalue weighted by atomic mass is 10.3. The molecule has 122 valence electrons. The fourth-order valence-corrected chi connectivity index (χ4v) is 2.30. The smallest absolute Gasteiger partial charge is 0.337 e. The number of carbonyl (C=O) groups excluding carboxylic acids is 2. The number of amides is 3. The van der Waals surface area contributed by atoms with Gasteiger partial charge in [-0.1, -0.05) is 23.2 Å². The molecule has 3 aromatic rings. The molecule has 9 heteroatoms. The van der Waals surface area contributed by atoms with Crippen molar-refractivity contribution in [2.24, 2.45) is 0 Å². The van der Waals surface area contributed by atoms with Gasteiger partial charge in [-0.15, -0.1) is 0 Å². The highest BCUT2D eigenvalue weighted by Gasteiger charge is 2.11. The molecule has 0 unspecified atom stereocenters. The Hall–Kier alpha value is -2.77. The zero-order valence-corrected chi connectivity index (χ0v) is 13.6. The van der Waals surface area contributed by atoms with Crippen LogP contribution in [0.3, 0.4) is 0 Å². The number of aromatic nitrogens is 2. The molecule has 2 heterocycles. The highest BCUT2D eigenvalue weighted by atomic mass is 35.5. The molecule has 3 rings (SSSR count). The maximum absolute atomic E-state index is 12.0. The second-order valence-corrected chi connectivity index (χ2v) is 5.64. The molecule has 0 aliphatic heterocycles. The number of fused-ring (bicyclic) bond motifs is 1. The van der Waals surface area contributed by atoms with Crippen LogP contribution in [-0.4, -0.2) is 21.9 Å². The third kappa shape index (κ3) is 3.76. The summed E-state index contributed by atoms with van der Waals surface area (Å²) < 4.78 is 0. The van der Waals surface area contributed by atoms with Crippen LogP contribution in [0.25, 0.3) is 10.9 Å². The number of hydrazine groups is 1. The van der Waals surface area contributed by atoms with E-state index < -0.39 is 11.9 Å². The summed E-state index contributed by atoms with van der Waals surface area (Å²) in [6, 6.07) is 9.20. The summed E-state index contributed by atoms with van der Waals surface area (Å²) >= 11 is 11.6. The van der Waals surface area contributed by atoms with Crippen LogP contribution in [0.5, 0.6) is 0 Å². The summed E-state index contributed by atoms with van der Waals surface area (Å²) in [5, 5.41) is 4.18. The fraction of sp³-hybridized carbons (Fsp3) is 0. The minimum Gasteiger partial charge on any atom is -0.349 e. The number of hydrogen-bond acceptors (Lipinski definition) is 3. The number of carbonyl (C=O) groups is 2. The van der Waals surface area contributed by atoms with Crippen LogP contribution in [-0.2, 0) is 0 Å². The molecule has 7 nitrogen and oxygen atoms in total. The molecule has 0 atom stereocenters. The lowest BCUT2D eigenvalue weighted by Gasteiger charge is -2.08. The van der Waals surface area contributed by atoms with Gasteiger partial charge in [-0.25, -0.2) is 15.2 Å². The molecule has 0 spiro atoms. The van der Waals surface area contributed by atoms with Gasteiger partial charge in [0.15, 0.2) is 0 Å². The number of H-pyrrole nitrogens is 1. The van der Waals surface area contributed by atoms with Gasteiger partial charge >= 0.3 is 6.03 Å². The average molecular weight is 364 g/mol. The van der Waals surface area contributed by atoms with E-state index in [0.717, 1.165) is 5.39 Å². The van der Waals surface area contributed by atoms with Crippen molar-refractivity contribution in [3.63, 3.8) is 0 Å². The van der Waals surface area contributed by atoms with E-state index >= 15 is 0 Å². The summed E-state index contributed by atoms with van der Waals surface area (Å²) in [5.74, 6) is -0.506. The van der Waals surface area contributed by atoms with Crippen molar-refractivity contribution in [3.05, 3.63) is 58.5 Å². The predicted molar refractivity (Wildman–Crippen MR) is 92.2 cm³/mol. The van der Waals surface area contributed by atoms with Crippen LogP contribution in [0.2, 0.25) is 10.2 Å². The highest BCUT2D eigenvalue weighted by molar-refractivity contribution is 6.30. The molecular formula is C15H11Cl2N5O2. The Balaban J connectivity index is 1.59. The number of anilines is 1. The summed E-state index contributed by atoms with van der Waals surface area (Å²) in [4.78, 5) is 30.6. The van der Waals surface area contributed by atoms with Crippen LogP contribution in [0.4, 0.5) is 10.5 Å². The van der Waals surface area contributed by atoms with Gasteiger partial charge in [0.2, 0.25) is 0 Å². The molecular weight excluding hydrogens is 353 g/mol. The Morgan fingerprint density at radius 2 is 1.79 bits per heavy atom. The Bertz CT molecular complexity index is 908. The molecule has 3 amide bonds. The normalized spacial score (nSPS) is 10.4. The second kappa shape index (κ2) is 6.77. The van der Waals surface area contributed by atoms with Gasteiger partial charge in [0, 0.05) is 16.1 Å². The van der Waals surface area contributed by atoms with Gasteiger partial charge in [0.05, 0.1) is 11.7 Å². The first-order valence-corrected chi connectivity index (χ1v) is 7.54. The Morgan fingerprint density at radius 1 is 1.04 bits per heavy atom. The van der Waals surface area contributed by atoms with Crippen molar-refractivity contribution in [1.82, 2.24) is 20.8 Å². The monoisotopic (exact) mass is 363 g/mol. The Labute approximate surface area is 146 Å². The first-order chi connectivity index (χ1) is 11.5. The highest BCUT2D eigenvalue weighted by Crippen LogP contribution is 2.17. The molecule has 0 aliphatic carbocycles. The summed E-state index contributed by atoms with van der Waals surface area (Å²) in [5.41, 5.74) is 6.02. The van der Waals surface area contributed by atoms with Crippen LogP contribution >= 0.6 is 23.2 Å². The molecule has 0 bridgehead atoms. The van der Waals surface area contributed by atoms with Crippen molar-refractivity contribution in [3.8, 4) is 0 Å². The van der Waals surface area contributed by atoms with Gasteiger partial charge in [-0.05, 0) is 36.4 Å². The number of aromatic amines is 1. The molecule has 0 fully saturated rings. The number of nitrogens with zero attached hydrogens (tertiary/aromatic N) is 1. The van der Waals surface area contributed by atoms with Gasteiger partial charge < -0.3 is 10.3 Å². The summed E-state index contributed by atoms with van der Waals surface area (Å²) in [6.07, 6.45) is 1.52. The molecule has 0 saturated heterocycles. The number of hydrogen-bond donors (Lipinski definition) is 4. The maximum atomic E-state index is 12.0. The van der Waals surface area contributed by atoms with Crippen molar-refractivity contribution < 1.29 is 9.59 Å². The first kappa shape index (κ1) is 16.1. The van der Waals surface area contributed by atoms with E-state index in [4.69, 9.17) is 23.2 Å². The zero-order chi connectivity index (χ0) is 17.1. The molecule has 0 saturated carbocycles. The van der Waals surface area contributed by atoms with Crippen molar-refractivity contribution in [1.29, 1.82) is 0 Å². The third-order valence-corrected chi connectivity index (χ3v) is 3.57. The molecule has 24 heavy (non-hydrogen) atoms. The largest absolute Gasteiger partial charge is 0.349 e. The molecule has 4 N–H and O–H groups in total. The lowest BCUT2D eigenvalue weighted by Crippen LogP contribution is -2.44. The number of urea groups is 1. The standard InChI is InChI=1S/C15H11Cl2N5O2/c16-9-1-3-10(4-2-9)19-15(24)22-21-14(23)11-5-8-6-13(17)18-7-12(8)20-11/h1-7,20H,(H,21,23)(H2,19,22,24). The predicted octanol–water partition coefficient (Wildman–Crippen LogP) is 3.34. The van der Waals surface area contributed by atoms with Gasteiger partial charge in [0.25, 0.3) is 5.91 Å². The number of rotatable bonds is 2. The Kier molecular flexibility index (Phi) is 4.54. The van der Waals surface area contributed by atoms with Gasteiger partial charge in [0.1, 0.15) is 10.8 Å². The number of halogens is 2. The molecule has 0 aliphatic rings. The maximum Gasteiger partial charge on any atom is 0.337 e. The van der Waals surface area contributed by atoms with Gasteiger partial charge in [-0.2, -0.15) is 0 Å². The average Bonchev–Trinajstić information content (AvgIpc) is 2.98. The van der Waals surface area contributed by atoms with Crippen LogP contribution < -0.4 is 16.2 Å². The number of pyridine rings is 1. The zero-order valence-electron chi connectivity index (χ0n) is 12.1. The quantitative estimate of drug-likeness (QED) is 0.415. The lowest BCUT2D eigenvalue weighted by molar-refractivity contribution is 0.0934. The fourth-order valence-electron chi connectivity index (χ4n) is 2.00. The van der Waals surface area contributed by atoms with E-state index in [9.17, 15) is 9.59 Å². The molecule has 2 aromatic heterocycles. The van der Waals surface area contributed by atoms with Gasteiger partial charge in [-0.3, -0.25) is 10.2 Å². The van der Waals surface area contributed by atoms with Crippen LogP contribution in [0.1, 0.15) is 10.5 Å². The number of nitrogens with one attached hydrogen (secondary N) is 4. The molecule has 0 radical (unpaired) electrons. The van der Waals surface area contributed by atoms with Crippen molar-refractivity contribution in [2.75, 3.05) is 5.32 Å². The minimum absolute atomic E-state index is 0.265. The SMILES string of the molecule is O=C(NNC(=O)c1cc2cc(Cl)ncc2[nH]1)Nc1ccc(Cl)cc1. The van der Waals surface area contributed by atoms with E-state index in [1.165, 1.54) is 6.20 Å². The molecule has 1 aromatic carbocycles. The van der Waals surface area contributed by atoms with E-state index in [-0.39, 0.29) is 5.69 Å². The van der Waals surface area contributed by atoms with Crippen LogP contribution in [0, 0.1) is 0 Å². The van der Waals surface area contributed by atoms with E-state index in [2.05, 4.69) is 26.1 Å². The topological polar surface area (TPSA) is 98.9 Å². The third-order valence-electron chi connectivity index (χ3n) is 3.11. The Morgan fingerprint density at radius 3 is 2.54 bits per heavy atom. The van der Waals surface area contributed by atoms with Crippen molar-refractivity contribution in [2.45, 2.75) is 0 Å². The first-order valence-electron chi connectivity index (χ1n) is 6.78. The van der Waals surface area contributed by atoms with Crippen molar-refractivity contribution >= 4 is 51.7 Å². The second-order valence-electron chi connectivity index (χ2n) is 4.82. The van der Waals surface area contributed by atoms with Crippen LogP contribution in [0.15, 0.2) is 42.6 Å². The minimum atomic E-state index is -0.591. The summed E-state index contributed by atoms with van der Waals surface area (Å²) in [6.45, 7) is 0. The van der Waals surface area contributed by atoms with E-state index in [1.54, 1.807) is 36.4 Å². The van der Waals surface area contributed by atoms with E-state index in [1.807, 2.05) is 0 Å². The summed E-state index contributed by atoms with van der Waals surface area (Å²) in [7, 11) is 0. The number of benzene rings is 1. The van der Waals surface area contributed by atoms with E-state index in [0.29, 0.717) is 21.4 Å².